The molecule has 2 rings (SSSR count). The number of anilines is 1. The molecule has 2 N–H and O–H groups in total. The molecule has 0 bridgehead atoms. The minimum Gasteiger partial charge on any atom is -0.490 e. The molecule has 0 aromatic heterocycles. The topological polar surface area (TPSA) is 102 Å². The maximum absolute atomic E-state index is 13.0. The number of carbonyl (C=O) groups excluding carboxylic acids is 1. The molecule has 0 saturated carbocycles. The summed E-state index contributed by atoms with van der Waals surface area (Å²) in [5.41, 5.74) is -5.27. The van der Waals surface area contributed by atoms with E-state index in [1.165, 1.54) is 19.5 Å². The highest BCUT2D eigenvalue weighted by atomic mass is 19.4. The second kappa shape index (κ2) is 8.86. The number of amides is 1. The monoisotopic (exact) mass is 420 g/mol. The normalized spacial score (nSPS) is 13.3. The summed E-state index contributed by atoms with van der Waals surface area (Å²) in [6.45, 7) is 0.478. The predicted octanol–water partition coefficient (Wildman–Crippen LogP) is 4.16. The third-order valence-corrected chi connectivity index (χ3v) is 3.58. The van der Waals surface area contributed by atoms with E-state index >= 15 is 0 Å². The Morgan fingerprint density at radius 2 is 1.86 bits per heavy atom. The Morgan fingerprint density at radius 1 is 1.28 bits per heavy atom. The van der Waals surface area contributed by atoms with E-state index in [-0.39, 0.29) is 5.75 Å². The average molecular weight is 420 g/mol. The molecule has 2 aromatic carbocycles. The number of hydrogen-bond acceptors (Lipinski definition) is 5. The molecule has 0 aliphatic rings. The first-order valence-corrected chi connectivity index (χ1v) is 7.68. The summed E-state index contributed by atoms with van der Waals surface area (Å²) in [6.07, 6.45) is -5.02. The van der Waals surface area contributed by atoms with E-state index in [9.17, 15) is 37.6 Å². The quantitative estimate of drug-likeness (QED) is 0.415. The van der Waals surface area contributed by atoms with Crippen molar-refractivity contribution in [3.63, 3.8) is 0 Å². The number of rotatable bonds is 6. The maximum atomic E-state index is 13.0. The molecule has 0 fully saturated rings. The summed E-state index contributed by atoms with van der Waals surface area (Å²) >= 11 is 0. The Labute approximate surface area is 164 Å². The Morgan fingerprint density at radius 3 is 2.38 bits per heavy atom. The number of nitrogens with zero attached hydrogens (tertiary/aromatic N) is 1. The van der Waals surface area contributed by atoms with Crippen LogP contribution in [0.1, 0.15) is 21.3 Å². The summed E-state index contributed by atoms with van der Waals surface area (Å²) in [7, 11) is 1.25. The highest BCUT2D eigenvalue weighted by Gasteiger charge is 2.39. The number of hydrogen-bond donors (Lipinski definition) is 2. The van der Waals surface area contributed by atoms with Crippen molar-refractivity contribution in [2.75, 3.05) is 11.9 Å². The van der Waals surface area contributed by atoms with E-state index in [1.807, 2.05) is 0 Å². The number of nitro groups is 1. The van der Waals surface area contributed by atoms with Crippen LogP contribution in [0.5, 0.6) is 5.75 Å². The molecular formula is C18H18F4N2O5. The molecule has 11 heteroatoms. The molecule has 1 amide bonds. The smallest absolute Gasteiger partial charge is 0.423 e. The van der Waals surface area contributed by atoms with Gasteiger partial charge in [-0.05, 0) is 43.3 Å². The Bertz CT molecular complexity index is 889. The number of benzene rings is 2. The molecule has 2 aromatic rings. The van der Waals surface area contributed by atoms with E-state index in [1.54, 1.807) is 0 Å². The lowest BCUT2D eigenvalue weighted by molar-refractivity contribution is -0.388. The van der Waals surface area contributed by atoms with Gasteiger partial charge in [-0.2, -0.15) is 13.2 Å². The molecule has 0 spiro atoms. The summed E-state index contributed by atoms with van der Waals surface area (Å²) in [5, 5.41) is 23.0. The van der Waals surface area contributed by atoms with Crippen LogP contribution in [-0.4, -0.2) is 28.1 Å². The Balaban J connectivity index is 0.00000218. The largest absolute Gasteiger partial charge is 0.490 e. The van der Waals surface area contributed by atoms with Crippen molar-refractivity contribution in [1.82, 2.24) is 0 Å². The number of halogens is 4. The van der Waals surface area contributed by atoms with Gasteiger partial charge in [-0.25, -0.2) is 4.39 Å². The fourth-order valence-corrected chi connectivity index (χ4v) is 2.09. The lowest BCUT2D eigenvalue weighted by Crippen LogP contribution is -2.45. The molecule has 0 unspecified atom stereocenters. The third kappa shape index (κ3) is 6.14. The number of carbonyl (C=O) groups is 1. The van der Waals surface area contributed by atoms with Crippen LogP contribution in [0, 0.1) is 15.9 Å². The van der Waals surface area contributed by atoms with Gasteiger partial charge in [0.1, 0.15) is 23.7 Å². The summed E-state index contributed by atoms with van der Waals surface area (Å²) < 4.78 is 62.7. The molecule has 7 nitrogen and oxygen atoms in total. The summed E-state index contributed by atoms with van der Waals surface area (Å²) in [5.74, 6) is -1.46. The number of nitrogens with one attached hydrogen (secondary N) is 1. The lowest BCUT2D eigenvalue weighted by atomic mass is 10.1. The third-order valence-electron chi connectivity index (χ3n) is 3.58. The molecule has 0 saturated heterocycles. The van der Waals surface area contributed by atoms with E-state index in [0.29, 0.717) is 12.1 Å². The van der Waals surface area contributed by atoms with Gasteiger partial charge in [-0.3, -0.25) is 14.9 Å². The van der Waals surface area contributed by atoms with E-state index < -0.39 is 52.0 Å². The second-order valence-electron chi connectivity index (χ2n) is 5.96. The standard InChI is InChI=1S/C17H14F4N2O5.CH4/c1-16(25,9-28-12-5-2-10(18)3-6-12)15(24)22-11-4-7-14(23(26)27)13(8-11)17(19,20)21;/h2-8,25H,9H2,1H3,(H,22,24);1H4/t16-;/m0./s1/i;1T. The fourth-order valence-electron chi connectivity index (χ4n) is 2.09. The van der Waals surface area contributed by atoms with Crippen molar-refractivity contribution in [3.05, 3.63) is 64.0 Å². The number of ether oxygens (including phenoxy) is 1. The molecule has 0 radical (unpaired) electrons. The highest BCUT2D eigenvalue weighted by molar-refractivity contribution is 5.97. The van der Waals surface area contributed by atoms with Gasteiger partial charge >= 0.3 is 6.18 Å². The number of aliphatic hydroxyl groups is 1. The van der Waals surface area contributed by atoms with E-state index in [4.69, 9.17) is 6.11 Å². The van der Waals surface area contributed by atoms with E-state index in [2.05, 4.69) is 5.32 Å². The van der Waals surface area contributed by atoms with Crippen molar-refractivity contribution in [2.45, 2.75) is 26.1 Å². The van der Waals surface area contributed by atoms with Crippen LogP contribution in [0.4, 0.5) is 28.9 Å². The number of nitro benzene ring substituents is 1. The number of alkyl halides is 3. The van der Waals surface area contributed by atoms with Gasteiger partial charge in [-0.15, -0.1) is 0 Å². The van der Waals surface area contributed by atoms with Crippen molar-refractivity contribution < 1.29 is 38.5 Å². The van der Waals surface area contributed by atoms with Crippen LogP contribution in [0.2, 0.25) is 0 Å². The van der Waals surface area contributed by atoms with Crippen molar-refractivity contribution >= 4 is 17.3 Å². The van der Waals surface area contributed by atoms with Crippen molar-refractivity contribution in [2.24, 2.45) is 0 Å². The summed E-state index contributed by atoms with van der Waals surface area (Å²) in [6, 6.07) is 6.61. The lowest BCUT2D eigenvalue weighted by Gasteiger charge is -2.23. The molecule has 0 heterocycles. The van der Waals surface area contributed by atoms with Gasteiger partial charge in [0, 0.05) is 13.1 Å². The maximum Gasteiger partial charge on any atom is 0.423 e. The summed E-state index contributed by atoms with van der Waals surface area (Å²) in [4.78, 5) is 21.7. The first-order chi connectivity index (χ1) is 13.9. The van der Waals surface area contributed by atoms with Gasteiger partial charge in [0.05, 0.1) is 4.92 Å². The van der Waals surface area contributed by atoms with Crippen LogP contribution in [0.3, 0.4) is 0 Å². The van der Waals surface area contributed by atoms with Crippen LogP contribution in [0.25, 0.3) is 0 Å². The van der Waals surface area contributed by atoms with E-state index in [0.717, 1.165) is 25.1 Å². The SMILES string of the molecule is C[C@](O)(COc1ccc(F)cc1)C(=O)Nc1ccc([N+](=O)[O-])c(C(F)(F)F)c1.[3H]C. The predicted molar refractivity (Wildman–Crippen MR) is 96.0 cm³/mol. The van der Waals surface area contributed by atoms with Gasteiger partial charge in [-0.1, -0.05) is 7.40 Å². The Kier molecular flexibility index (Phi) is 6.75. The van der Waals surface area contributed by atoms with Crippen LogP contribution in [0.15, 0.2) is 42.5 Å². The molecule has 29 heavy (non-hydrogen) atoms. The van der Waals surface area contributed by atoms with Gasteiger partial charge < -0.3 is 15.2 Å². The van der Waals surface area contributed by atoms with Gasteiger partial charge in [0.2, 0.25) is 0 Å². The average Bonchev–Trinajstić information content (AvgIpc) is 2.68. The van der Waals surface area contributed by atoms with Crippen LogP contribution in [-0.2, 0) is 11.0 Å². The fraction of sp³-hybridized carbons (Fsp3) is 0.278. The van der Waals surface area contributed by atoms with Crippen LogP contribution >= 0.6 is 0 Å². The minimum atomic E-state index is -5.02. The molecule has 0 aliphatic heterocycles. The van der Waals surface area contributed by atoms with Crippen LogP contribution < -0.4 is 10.1 Å². The zero-order valence-corrected chi connectivity index (χ0v) is 15.3. The molecule has 1 atom stereocenters. The zero-order valence-electron chi connectivity index (χ0n) is 16.3. The van der Waals surface area contributed by atoms with Crippen molar-refractivity contribution in [1.29, 1.82) is 0 Å². The highest BCUT2D eigenvalue weighted by Crippen LogP contribution is 2.37. The molecule has 158 valence electrons. The Hall–Kier alpha value is -3.21. The first-order valence-electron chi connectivity index (χ1n) is 8.68. The minimum absolute atomic E-state index is 0.157. The van der Waals surface area contributed by atoms with Gasteiger partial charge in [0.15, 0.2) is 5.60 Å². The van der Waals surface area contributed by atoms with Gasteiger partial charge in [0.25, 0.3) is 11.6 Å². The molecular weight excluding hydrogens is 400 g/mol. The zero-order chi connectivity index (χ0) is 23.1. The first kappa shape index (κ1) is 22.1. The second-order valence-corrected chi connectivity index (χ2v) is 5.96. The molecule has 0 aliphatic carbocycles. The van der Waals surface area contributed by atoms with Crippen molar-refractivity contribution in [3.8, 4) is 5.75 Å².